The van der Waals surface area contributed by atoms with Crippen LogP contribution in [0, 0.1) is 0 Å². The number of amides is 1. The monoisotopic (exact) mass is 137 g/mol. The highest BCUT2D eigenvalue weighted by molar-refractivity contribution is 5.84. The highest BCUT2D eigenvalue weighted by Gasteiger charge is 2.36. The number of nitrogens with zero attached hydrogens (tertiary/aromatic N) is 1. The fraction of sp³-hybridized carbons (Fsp3) is 0.625. The van der Waals surface area contributed by atoms with Crippen molar-refractivity contribution < 1.29 is 4.79 Å². The molecule has 0 aromatic heterocycles. The second kappa shape index (κ2) is 1.84. The van der Waals surface area contributed by atoms with Crippen molar-refractivity contribution in [3.05, 3.63) is 11.8 Å². The molecule has 0 unspecified atom stereocenters. The van der Waals surface area contributed by atoms with Crippen LogP contribution in [0.25, 0.3) is 0 Å². The average molecular weight is 137 g/mol. The third-order valence-electron chi connectivity index (χ3n) is 2.32. The summed E-state index contributed by atoms with van der Waals surface area (Å²) in [4.78, 5) is 12.8. The van der Waals surface area contributed by atoms with Gasteiger partial charge in [-0.25, -0.2) is 0 Å². The van der Waals surface area contributed by atoms with Crippen LogP contribution in [0.1, 0.15) is 26.2 Å². The lowest BCUT2D eigenvalue weighted by molar-refractivity contribution is -0.142. The fourth-order valence-electron chi connectivity index (χ4n) is 1.61. The van der Waals surface area contributed by atoms with E-state index in [-0.39, 0.29) is 0 Å². The van der Waals surface area contributed by atoms with Crippen molar-refractivity contribution in [2.75, 3.05) is 0 Å². The molecular formula is C8H11NO. The van der Waals surface area contributed by atoms with Gasteiger partial charge < -0.3 is 4.90 Å². The zero-order chi connectivity index (χ0) is 7.14. The Hall–Kier alpha value is -0.790. The second-order valence-corrected chi connectivity index (χ2v) is 3.17. The molecule has 2 aliphatic heterocycles. The number of hydrogen-bond acceptors (Lipinski definition) is 1. The van der Waals surface area contributed by atoms with Gasteiger partial charge in [0.05, 0.1) is 0 Å². The van der Waals surface area contributed by atoms with Gasteiger partial charge in [-0.15, -0.1) is 0 Å². The lowest BCUT2D eigenvalue weighted by Gasteiger charge is -2.41. The Morgan fingerprint density at radius 3 is 3.10 bits per heavy atom. The van der Waals surface area contributed by atoms with Gasteiger partial charge in [-0.1, -0.05) is 5.57 Å². The van der Waals surface area contributed by atoms with E-state index in [1.54, 1.807) is 0 Å². The summed E-state index contributed by atoms with van der Waals surface area (Å²) in [5.41, 5.74) is 1.34. The molecule has 2 nitrogen and oxygen atoms in total. The van der Waals surface area contributed by atoms with Gasteiger partial charge in [-0.3, -0.25) is 4.79 Å². The van der Waals surface area contributed by atoms with Crippen LogP contribution in [-0.2, 0) is 4.79 Å². The standard InChI is InChI=1S/C8H11NO/c1-6-2-3-7-4-8(10)9(7)5-6/h5,7H,2-4H2,1H3/t7-/m1/s1. The van der Waals surface area contributed by atoms with Crippen LogP contribution in [0.4, 0.5) is 0 Å². The second-order valence-electron chi connectivity index (χ2n) is 3.17. The summed E-state index contributed by atoms with van der Waals surface area (Å²) in [6.45, 7) is 2.09. The number of hydrogen-bond donors (Lipinski definition) is 0. The molecular weight excluding hydrogens is 126 g/mol. The van der Waals surface area contributed by atoms with Crippen LogP contribution in [0.2, 0.25) is 0 Å². The maximum absolute atomic E-state index is 10.9. The molecule has 0 aromatic rings. The highest BCUT2D eigenvalue weighted by atomic mass is 16.2. The molecule has 0 N–H and O–H groups in total. The molecule has 1 fully saturated rings. The number of allylic oxidation sites excluding steroid dienone is 1. The third kappa shape index (κ3) is 0.681. The molecule has 2 rings (SSSR count). The van der Waals surface area contributed by atoms with Crippen LogP contribution >= 0.6 is 0 Å². The summed E-state index contributed by atoms with van der Waals surface area (Å²) in [7, 11) is 0. The van der Waals surface area contributed by atoms with Crippen LogP contribution in [0.5, 0.6) is 0 Å². The van der Waals surface area contributed by atoms with Gasteiger partial charge in [-0.2, -0.15) is 0 Å². The quantitative estimate of drug-likeness (QED) is 0.461. The molecule has 2 heterocycles. The largest absolute Gasteiger partial charge is 0.315 e. The summed E-state index contributed by atoms with van der Waals surface area (Å²) < 4.78 is 0. The normalized spacial score (nSPS) is 30.9. The number of carbonyl (C=O) groups is 1. The molecule has 0 aliphatic carbocycles. The molecule has 10 heavy (non-hydrogen) atoms. The minimum Gasteiger partial charge on any atom is -0.315 e. The summed E-state index contributed by atoms with van der Waals surface area (Å²) in [5.74, 6) is 0.295. The molecule has 1 atom stereocenters. The summed E-state index contributed by atoms with van der Waals surface area (Å²) in [5, 5.41) is 0. The Labute approximate surface area is 60.5 Å². The average Bonchev–Trinajstić information content (AvgIpc) is 1.92. The van der Waals surface area contributed by atoms with Gasteiger partial charge in [0.2, 0.25) is 5.91 Å². The fourth-order valence-corrected chi connectivity index (χ4v) is 1.61. The van der Waals surface area contributed by atoms with Crippen LogP contribution in [0.15, 0.2) is 11.8 Å². The van der Waals surface area contributed by atoms with E-state index < -0.39 is 0 Å². The summed E-state index contributed by atoms with van der Waals surface area (Å²) >= 11 is 0. The number of rotatable bonds is 0. The highest BCUT2D eigenvalue weighted by Crippen LogP contribution is 2.30. The molecule has 0 aromatic carbocycles. The van der Waals surface area contributed by atoms with Crippen LogP contribution in [-0.4, -0.2) is 16.8 Å². The van der Waals surface area contributed by atoms with E-state index in [2.05, 4.69) is 6.92 Å². The molecule has 54 valence electrons. The lowest BCUT2D eigenvalue weighted by atomic mass is 9.92. The predicted octanol–water partition coefficient (Wildman–Crippen LogP) is 1.28. The van der Waals surface area contributed by atoms with Crippen molar-refractivity contribution in [3.8, 4) is 0 Å². The Kier molecular flexibility index (Phi) is 1.10. The predicted molar refractivity (Wildman–Crippen MR) is 38.2 cm³/mol. The van der Waals surface area contributed by atoms with Gasteiger partial charge in [-0.05, 0) is 19.8 Å². The van der Waals surface area contributed by atoms with E-state index in [4.69, 9.17) is 0 Å². The van der Waals surface area contributed by atoms with Crippen LogP contribution < -0.4 is 0 Å². The van der Waals surface area contributed by atoms with E-state index >= 15 is 0 Å². The van der Waals surface area contributed by atoms with Crippen molar-refractivity contribution in [1.29, 1.82) is 0 Å². The zero-order valence-corrected chi connectivity index (χ0v) is 6.13. The van der Waals surface area contributed by atoms with Gasteiger partial charge in [0, 0.05) is 18.7 Å². The minimum absolute atomic E-state index is 0.295. The van der Waals surface area contributed by atoms with Gasteiger partial charge in [0.1, 0.15) is 0 Å². The smallest absolute Gasteiger partial charge is 0.228 e. The van der Waals surface area contributed by atoms with E-state index in [1.807, 2.05) is 11.1 Å². The molecule has 2 heteroatoms. The Balaban J connectivity index is 2.18. The molecule has 1 amide bonds. The topological polar surface area (TPSA) is 20.3 Å². The molecule has 0 spiro atoms. The van der Waals surface area contributed by atoms with Crippen LogP contribution in [0.3, 0.4) is 0 Å². The van der Waals surface area contributed by atoms with Crippen molar-refractivity contribution in [2.24, 2.45) is 0 Å². The van der Waals surface area contributed by atoms with Gasteiger partial charge in [0.15, 0.2) is 0 Å². The maximum Gasteiger partial charge on any atom is 0.228 e. The Morgan fingerprint density at radius 1 is 1.70 bits per heavy atom. The molecule has 0 saturated carbocycles. The summed E-state index contributed by atoms with van der Waals surface area (Å²) in [6, 6.07) is 0.552. The van der Waals surface area contributed by atoms with E-state index in [9.17, 15) is 4.79 Å². The van der Waals surface area contributed by atoms with Crippen molar-refractivity contribution >= 4 is 5.91 Å². The number of β-lactam (4-membered cyclic amide) rings is 1. The first kappa shape index (κ1) is 5.96. The van der Waals surface area contributed by atoms with Crippen molar-refractivity contribution in [3.63, 3.8) is 0 Å². The molecule has 0 radical (unpaired) electrons. The first-order chi connectivity index (χ1) is 4.77. The molecule has 1 saturated heterocycles. The SMILES string of the molecule is CC1=CN2C(=O)C[C@H]2CC1. The van der Waals surface area contributed by atoms with E-state index in [0.29, 0.717) is 11.9 Å². The molecule has 0 bridgehead atoms. The van der Waals surface area contributed by atoms with Gasteiger partial charge >= 0.3 is 0 Å². The van der Waals surface area contributed by atoms with E-state index in [0.717, 1.165) is 6.42 Å². The number of carbonyl (C=O) groups excluding carboxylic acids is 1. The van der Waals surface area contributed by atoms with Crippen molar-refractivity contribution in [1.82, 2.24) is 4.90 Å². The Morgan fingerprint density at radius 2 is 2.50 bits per heavy atom. The first-order valence-corrected chi connectivity index (χ1v) is 3.76. The number of fused-ring (bicyclic) bond motifs is 1. The third-order valence-corrected chi connectivity index (χ3v) is 2.32. The zero-order valence-electron chi connectivity index (χ0n) is 6.13. The Bertz CT molecular complexity index is 207. The first-order valence-electron chi connectivity index (χ1n) is 3.76. The van der Waals surface area contributed by atoms with Crippen molar-refractivity contribution in [2.45, 2.75) is 32.2 Å². The maximum atomic E-state index is 10.9. The minimum atomic E-state index is 0.295. The van der Waals surface area contributed by atoms with Gasteiger partial charge in [0.25, 0.3) is 0 Å². The van der Waals surface area contributed by atoms with E-state index in [1.165, 1.54) is 18.4 Å². The lowest BCUT2D eigenvalue weighted by Crippen LogP contribution is -2.50. The summed E-state index contributed by atoms with van der Waals surface area (Å²) in [6.07, 6.45) is 5.13. The molecule has 2 aliphatic rings.